The van der Waals surface area contributed by atoms with Crippen LogP contribution in [0.25, 0.3) is 0 Å². The molecule has 0 aliphatic carbocycles. The predicted octanol–water partition coefficient (Wildman–Crippen LogP) is 0.0410. The van der Waals surface area contributed by atoms with Crippen molar-refractivity contribution in [3.63, 3.8) is 0 Å². The van der Waals surface area contributed by atoms with Crippen LogP contribution in [-0.2, 0) is 6.54 Å². The molecule has 0 spiro atoms. The van der Waals surface area contributed by atoms with Gasteiger partial charge in [-0.15, -0.1) is 0 Å². The molecule has 0 bridgehead atoms. The molecule has 2 heterocycles. The van der Waals surface area contributed by atoms with Gasteiger partial charge in [-0.3, -0.25) is 4.52 Å². The van der Waals surface area contributed by atoms with Crippen molar-refractivity contribution in [2.45, 2.75) is 6.54 Å². The predicted molar refractivity (Wildman–Crippen MR) is 61.5 cm³/mol. The molecule has 2 N–H and O–H groups in total. The van der Waals surface area contributed by atoms with Gasteiger partial charge in [-0.1, -0.05) is 6.07 Å². The van der Waals surface area contributed by atoms with Crippen LogP contribution in [0.4, 0.5) is 5.88 Å². The highest BCUT2D eigenvalue weighted by molar-refractivity contribution is 5.44. The molecule has 0 radical (unpaired) electrons. The Labute approximate surface area is 103 Å². The van der Waals surface area contributed by atoms with Crippen molar-refractivity contribution >= 4 is 5.88 Å². The van der Waals surface area contributed by atoms with Crippen LogP contribution in [0.5, 0.6) is 11.5 Å². The Kier molecular flexibility index (Phi) is 2.44. The fraction of sp³-hybridized carbons (Fsp3) is 0.273. The summed E-state index contributed by atoms with van der Waals surface area (Å²) in [6.45, 7) is 0.927. The van der Waals surface area contributed by atoms with Gasteiger partial charge in [0, 0.05) is 0 Å². The van der Waals surface area contributed by atoms with Gasteiger partial charge in [-0.25, -0.2) is 0 Å². The summed E-state index contributed by atoms with van der Waals surface area (Å²) >= 11 is 0. The van der Waals surface area contributed by atoms with Crippen molar-refractivity contribution in [2.24, 2.45) is 0 Å². The lowest BCUT2D eigenvalue weighted by Crippen LogP contribution is -2.55. The number of benzene rings is 1. The van der Waals surface area contributed by atoms with Gasteiger partial charge < -0.3 is 15.2 Å². The summed E-state index contributed by atoms with van der Waals surface area (Å²) in [7, 11) is 1.88. The van der Waals surface area contributed by atoms with E-state index in [1.807, 2.05) is 30.3 Å². The Balaban J connectivity index is 1.76. The Morgan fingerprint density at radius 3 is 3.00 bits per heavy atom. The Bertz CT molecular complexity index is 569. The molecular formula is C11H13N4O3+. The zero-order chi connectivity index (χ0) is 12.5. The van der Waals surface area contributed by atoms with Crippen LogP contribution in [0.2, 0.25) is 0 Å². The number of ether oxygens (including phenoxy) is 2. The third kappa shape index (κ3) is 1.90. The molecule has 7 nitrogen and oxygen atoms in total. The fourth-order valence-corrected chi connectivity index (χ4v) is 1.79. The van der Waals surface area contributed by atoms with Crippen molar-refractivity contribution in [1.82, 2.24) is 5.27 Å². The average Bonchev–Trinajstić information content (AvgIpc) is 2.96. The summed E-state index contributed by atoms with van der Waals surface area (Å²) in [5.41, 5.74) is 6.55. The summed E-state index contributed by atoms with van der Waals surface area (Å²) in [5, 5.41) is 5.63. The lowest BCUT2D eigenvalue weighted by molar-refractivity contribution is -0.757. The van der Waals surface area contributed by atoms with E-state index in [-0.39, 0.29) is 12.7 Å². The van der Waals surface area contributed by atoms with E-state index in [4.69, 9.17) is 19.7 Å². The molecule has 0 saturated carbocycles. The number of aromatic nitrogens is 2. The van der Waals surface area contributed by atoms with Crippen molar-refractivity contribution in [2.75, 3.05) is 24.6 Å². The Morgan fingerprint density at radius 2 is 2.22 bits per heavy atom. The summed E-state index contributed by atoms with van der Waals surface area (Å²) in [6.07, 6.45) is 1.60. The molecule has 0 fully saturated rings. The molecule has 0 amide bonds. The third-order valence-corrected chi connectivity index (χ3v) is 2.67. The number of nitrogens with zero attached hydrogens (tertiary/aromatic N) is 3. The van der Waals surface area contributed by atoms with Gasteiger partial charge in [-0.05, 0) is 17.7 Å². The topological polar surface area (TPSA) is 77.6 Å². The van der Waals surface area contributed by atoms with Crippen molar-refractivity contribution in [3.8, 4) is 11.5 Å². The fourth-order valence-electron chi connectivity index (χ4n) is 1.79. The summed E-state index contributed by atoms with van der Waals surface area (Å²) in [5.74, 6) is 1.82. The standard InChI is InChI=1S/C11H13N4O3/c1-14(15-6-11(12)18-13-15)5-8-2-3-9-10(4-8)17-7-16-9/h2-4,6H,5,7,12H2,1H3/q+1. The highest BCUT2D eigenvalue weighted by Gasteiger charge is 2.18. The van der Waals surface area contributed by atoms with E-state index < -0.39 is 0 Å². The molecule has 0 saturated heterocycles. The highest BCUT2D eigenvalue weighted by atomic mass is 16.7. The molecule has 1 aliphatic heterocycles. The maximum atomic E-state index is 5.47. The molecule has 7 heteroatoms. The van der Waals surface area contributed by atoms with Crippen molar-refractivity contribution in [1.29, 1.82) is 0 Å². The number of nitrogens with two attached hydrogens (primary N) is 1. The Hall–Kier alpha value is -2.44. The molecule has 0 atom stereocenters. The molecule has 18 heavy (non-hydrogen) atoms. The van der Waals surface area contributed by atoms with E-state index in [9.17, 15) is 0 Å². The first-order valence-electron chi connectivity index (χ1n) is 5.46. The number of hydrogen-bond donors (Lipinski definition) is 1. The number of anilines is 1. The van der Waals surface area contributed by atoms with Gasteiger partial charge >= 0.3 is 0 Å². The zero-order valence-electron chi connectivity index (χ0n) is 9.87. The van der Waals surface area contributed by atoms with Gasteiger partial charge in [0.05, 0.1) is 11.8 Å². The van der Waals surface area contributed by atoms with E-state index in [2.05, 4.69) is 5.27 Å². The number of fused-ring (bicyclic) bond motifs is 1. The first-order valence-corrected chi connectivity index (χ1v) is 5.46. The van der Waals surface area contributed by atoms with E-state index in [1.165, 1.54) is 0 Å². The van der Waals surface area contributed by atoms with E-state index in [0.29, 0.717) is 6.54 Å². The third-order valence-electron chi connectivity index (χ3n) is 2.67. The quantitative estimate of drug-likeness (QED) is 0.774. The van der Waals surface area contributed by atoms with Crippen molar-refractivity contribution in [3.05, 3.63) is 30.0 Å². The SMILES string of the molecule is CN(Cc1ccc2c(c1)OCO2)[n+]1cc(N)on1. The molecule has 0 unspecified atom stereocenters. The van der Waals surface area contributed by atoms with Crippen LogP contribution in [0.3, 0.4) is 0 Å². The Morgan fingerprint density at radius 1 is 1.39 bits per heavy atom. The van der Waals surface area contributed by atoms with E-state index >= 15 is 0 Å². The lowest BCUT2D eigenvalue weighted by atomic mass is 10.2. The van der Waals surface area contributed by atoms with Crippen LogP contribution in [-0.4, -0.2) is 19.1 Å². The van der Waals surface area contributed by atoms with Gasteiger partial charge in [0.15, 0.2) is 11.5 Å². The molecule has 2 aromatic rings. The largest absolute Gasteiger partial charge is 0.454 e. The van der Waals surface area contributed by atoms with Crippen LogP contribution in [0.15, 0.2) is 28.9 Å². The smallest absolute Gasteiger partial charge is 0.296 e. The van der Waals surface area contributed by atoms with Crippen LogP contribution in [0.1, 0.15) is 5.56 Å². The first kappa shape index (κ1) is 10.7. The second-order valence-electron chi connectivity index (χ2n) is 4.03. The molecule has 1 aromatic carbocycles. The molecule has 1 aliphatic rings. The van der Waals surface area contributed by atoms with Gasteiger partial charge in [0.2, 0.25) is 12.1 Å². The number of hydrogen-bond acceptors (Lipinski definition) is 6. The second-order valence-corrected chi connectivity index (χ2v) is 4.03. The second kappa shape index (κ2) is 4.10. The van der Waals surface area contributed by atoms with Gasteiger partial charge in [-0.2, -0.15) is 5.01 Å². The lowest BCUT2D eigenvalue weighted by Gasteiger charge is -2.08. The average molecular weight is 249 g/mol. The maximum absolute atomic E-state index is 5.47. The molecule has 94 valence electrons. The van der Waals surface area contributed by atoms with Crippen LogP contribution < -0.4 is 25.0 Å². The minimum atomic E-state index is 0.271. The number of rotatable bonds is 3. The minimum absolute atomic E-state index is 0.271. The summed E-state index contributed by atoms with van der Waals surface area (Å²) in [6, 6.07) is 5.82. The van der Waals surface area contributed by atoms with E-state index in [1.54, 1.807) is 11.0 Å². The number of nitrogen functional groups attached to an aromatic ring is 1. The van der Waals surface area contributed by atoms with Gasteiger partial charge in [0.1, 0.15) is 6.54 Å². The highest BCUT2D eigenvalue weighted by Crippen LogP contribution is 2.32. The summed E-state index contributed by atoms with van der Waals surface area (Å²) in [4.78, 5) is 1.54. The monoisotopic (exact) mass is 249 g/mol. The zero-order valence-corrected chi connectivity index (χ0v) is 9.87. The normalized spacial score (nSPS) is 12.7. The van der Waals surface area contributed by atoms with Crippen LogP contribution in [0, 0.1) is 0 Å². The van der Waals surface area contributed by atoms with Crippen LogP contribution >= 0.6 is 0 Å². The van der Waals surface area contributed by atoms with Gasteiger partial charge in [0.25, 0.3) is 12.1 Å². The van der Waals surface area contributed by atoms with E-state index in [0.717, 1.165) is 17.1 Å². The summed E-state index contributed by atoms with van der Waals surface area (Å²) < 4.78 is 15.4. The minimum Gasteiger partial charge on any atom is -0.454 e. The maximum Gasteiger partial charge on any atom is 0.296 e. The molecule has 3 rings (SSSR count). The first-order chi connectivity index (χ1) is 8.72. The molecule has 1 aromatic heterocycles. The van der Waals surface area contributed by atoms with Crippen molar-refractivity contribution < 1.29 is 18.8 Å². The molecular weight excluding hydrogens is 236 g/mol.